The highest BCUT2D eigenvalue weighted by Crippen LogP contribution is 2.25. The largest absolute Gasteiger partial charge is 0.490 e. The Hall–Kier alpha value is -2.76. The van der Waals surface area contributed by atoms with Crippen LogP contribution in [0, 0.1) is 0 Å². The number of hydrogen-bond acceptors (Lipinski definition) is 3. The van der Waals surface area contributed by atoms with Crippen LogP contribution in [0.4, 0.5) is 5.69 Å². The highest BCUT2D eigenvalue weighted by atomic mass is 35.5. The molecule has 0 saturated carbocycles. The molecule has 2 aromatic rings. The standard InChI is InChI=1S/C20H18Cl2N2O3/c1-2-11-27-16-7-3-14(4-8-16)5-10-19(25)23-13-20(26)24-18-12-15(21)6-9-17(18)22/h2-10,12H,1,11,13H2,(H,23,25)(H,24,26)/b10-5+. The zero-order valence-corrected chi connectivity index (χ0v) is 15.9. The van der Waals surface area contributed by atoms with E-state index < -0.39 is 11.8 Å². The third-order valence-corrected chi connectivity index (χ3v) is 3.87. The summed E-state index contributed by atoms with van der Waals surface area (Å²) in [5, 5.41) is 5.89. The molecule has 0 fully saturated rings. The highest BCUT2D eigenvalue weighted by molar-refractivity contribution is 6.35. The van der Waals surface area contributed by atoms with Gasteiger partial charge in [-0.05, 0) is 42.0 Å². The van der Waals surface area contributed by atoms with Gasteiger partial charge in [-0.25, -0.2) is 0 Å². The molecule has 7 heteroatoms. The molecule has 0 bridgehead atoms. The molecule has 0 aliphatic heterocycles. The summed E-state index contributed by atoms with van der Waals surface area (Å²) in [6.07, 6.45) is 4.65. The van der Waals surface area contributed by atoms with Crippen LogP contribution in [0.5, 0.6) is 5.75 Å². The fourth-order valence-corrected chi connectivity index (χ4v) is 2.35. The van der Waals surface area contributed by atoms with E-state index in [0.717, 1.165) is 5.56 Å². The number of benzene rings is 2. The van der Waals surface area contributed by atoms with E-state index in [0.29, 0.717) is 28.1 Å². The molecule has 0 radical (unpaired) electrons. The Bertz CT molecular complexity index is 849. The van der Waals surface area contributed by atoms with Crippen LogP contribution in [0.3, 0.4) is 0 Å². The van der Waals surface area contributed by atoms with Gasteiger partial charge in [0.1, 0.15) is 12.4 Å². The van der Waals surface area contributed by atoms with Crippen molar-refractivity contribution in [2.45, 2.75) is 0 Å². The summed E-state index contributed by atoms with van der Waals surface area (Å²) >= 11 is 11.8. The van der Waals surface area contributed by atoms with Gasteiger partial charge in [0.25, 0.3) is 0 Å². The first kappa shape index (κ1) is 20.6. The topological polar surface area (TPSA) is 67.4 Å². The maximum absolute atomic E-state index is 11.9. The molecular weight excluding hydrogens is 387 g/mol. The number of carbonyl (C=O) groups excluding carboxylic acids is 2. The fourth-order valence-electron chi connectivity index (χ4n) is 2.02. The van der Waals surface area contributed by atoms with Crippen LogP contribution in [-0.4, -0.2) is 25.0 Å². The van der Waals surface area contributed by atoms with E-state index in [2.05, 4.69) is 17.2 Å². The van der Waals surface area contributed by atoms with Gasteiger partial charge in [-0.2, -0.15) is 0 Å². The van der Waals surface area contributed by atoms with E-state index in [9.17, 15) is 9.59 Å². The average molecular weight is 405 g/mol. The van der Waals surface area contributed by atoms with Crippen molar-refractivity contribution in [1.29, 1.82) is 0 Å². The van der Waals surface area contributed by atoms with E-state index in [1.54, 1.807) is 36.4 Å². The van der Waals surface area contributed by atoms with E-state index in [-0.39, 0.29) is 6.54 Å². The first-order valence-corrected chi connectivity index (χ1v) is 8.78. The van der Waals surface area contributed by atoms with Crippen molar-refractivity contribution in [1.82, 2.24) is 5.32 Å². The summed E-state index contributed by atoms with van der Waals surface area (Å²) in [4.78, 5) is 23.7. The average Bonchev–Trinajstić information content (AvgIpc) is 2.66. The van der Waals surface area contributed by atoms with Crippen LogP contribution in [-0.2, 0) is 9.59 Å². The van der Waals surface area contributed by atoms with Gasteiger partial charge in [-0.3, -0.25) is 9.59 Å². The zero-order valence-electron chi connectivity index (χ0n) is 14.4. The Morgan fingerprint density at radius 3 is 2.56 bits per heavy atom. The summed E-state index contributed by atoms with van der Waals surface area (Å²) in [5.74, 6) is -0.0909. The van der Waals surface area contributed by atoms with Crippen molar-refractivity contribution in [3.8, 4) is 5.75 Å². The first-order valence-electron chi connectivity index (χ1n) is 8.02. The quantitative estimate of drug-likeness (QED) is 0.508. The number of ether oxygens (including phenoxy) is 1. The number of nitrogens with one attached hydrogen (secondary N) is 2. The second-order valence-electron chi connectivity index (χ2n) is 5.39. The second kappa shape index (κ2) is 10.4. The predicted molar refractivity (Wildman–Crippen MR) is 109 cm³/mol. The minimum absolute atomic E-state index is 0.194. The van der Waals surface area contributed by atoms with Crippen LogP contribution in [0.2, 0.25) is 10.0 Å². The van der Waals surface area contributed by atoms with E-state index >= 15 is 0 Å². The molecule has 0 atom stereocenters. The van der Waals surface area contributed by atoms with Crippen LogP contribution < -0.4 is 15.4 Å². The summed E-state index contributed by atoms with van der Waals surface area (Å²) in [7, 11) is 0. The van der Waals surface area contributed by atoms with Crippen LogP contribution >= 0.6 is 23.2 Å². The smallest absolute Gasteiger partial charge is 0.244 e. The van der Waals surface area contributed by atoms with Crippen LogP contribution in [0.15, 0.2) is 61.2 Å². The van der Waals surface area contributed by atoms with Gasteiger partial charge < -0.3 is 15.4 Å². The lowest BCUT2D eigenvalue weighted by Gasteiger charge is -2.08. The molecule has 2 rings (SSSR count). The third-order valence-electron chi connectivity index (χ3n) is 3.30. The van der Waals surface area contributed by atoms with Gasteiger partial charge in [0, 0.05) is 11.1 Å². The summed E-state index contributed by atoms with van der Waals surface area (Å²) in [6, 6.07) is 11.9. The highest BCUT2D eigenvalue weighted by Gasteiger charge is 2.07. The molecule has 5 nitrogen and oxygen atoms in total. The molecule has 2 N–H and O–H groups in total. The Morgan fingerprint density at radius 2 is 1.85 bits per heavy atom. The Labute approximate surface area is 167 Å². The van der Waals surface area contributed by atoms with Crippen molar-refractivity contribution >= 4 is 46.8 Å². The Balaban J connectivity index is 1.81. The van der Waals surface area contributed by atoms with E-state index in [1.807, 2.05) is 12.1 Å². The van der Waals surface area contributed by atoms with Gasteiger partial charge in [0.2, 0.25) is 11.8 Å². The van der Waals surface area contributed by atoms with Gasteiger partial charge in [0.05, 0.1) is 17.3 Å². The van der Waals surface area contributed by atoms with E-state index in [1.165, 1.54) is 12.1 Å². The van der Waals surface area contributed by atoms with Crippen molar-refractivity contribution in [2.24, 2.45) is 0 Å². The molecule has 140 valence electrons. The molecule has 0 aliphatic rings. The summed E-state index contributed by atoms with van der Waals surface area (Å²) in [6.45, 7) is 3.82. The zero-order chi connectivity index (χ0) is 19.6. The maximum Gasteiger partial charge on any atom is 0.244 e. The number of rotatable bonds is 8. The Kier molecular flexibility index (Phi) is 7.92. The van der Waals surface area contributed by atoms with Gasteiger partial charge in [-0.15, -0.1) is 0 Å². The molecule has 2 aromatic carbocycles. The summed E-state index contributed by atoms with van der Waals surface area (Å²) in [5.41, 5.74) is 1.21. The lowest BCUT2D eigenvalue weighted by Crippen LogP contribution is -2.31. The van der Waals surface area contributed by atoms with Crippen molar-refractivity contribution < 1.29 is 14.3 Å². The van der Waals surface area contributed by atoms with Gasteiger partial charge >= 0.3 is 0 Å². The predicted octanol–water partition coefficient (Wildman–Crippen LogP) is 4.33. The molecule has 0 unspecified atom stereocenters. The van der Waals surface area contributed by atoms with Crippen molar-refractivity contribution in [3.05, 3.63) is 76.8 Å². The van der Waals surface area contributed by atoms with Crippen molar-refractivity contribution in [3.63, 3.8) is 0 Å². The lowest BCUT2D eigenvalue weighted by atomic mass is 10.2. The van der Waals surface area contributed by atoms with Gasteiger partial charge in [0.15, 0.2) is 0 Å². The van der Waals surface area contributed by atoms with Crippen molar-refractivity contribution in [2.75, 3.05) is 18.5 Å². The normalized spacial score (nSPS) is 10.4. The molecule has 2 amide bonds. The lowest BCUT2D eigenvalue weighted by molar-refractivity contribution is -0.121. The maximum atomic E-state index is 11.9. The molecule has 0 aliphatic carbocycles. The van der Waals surface area contributed by atoms with Crippen LogP contribution in [0.1, 0.15) is 5.56 Å². The van der Waals surface area contributed by atoms with Crippen LogP contribution in [0.25, 0.3) is 6.08 Å². The Morgan fingerprint density at radius 1 is 1.11 bits per heavy atom. The monoisotopic (exact) mass is 404 g/mol. The fraction of sp³-hybridized carbons (Fsp3) is 0.100. The minimum atomic E-state index is -0.412. The second-order valence-corrected chi connectivity index (χ2v) is 6.24. The molecule has 0 saturated heterocycles. The molecule has 0 heterocycles. The van der Waals surface area contributed by atoms with Gasteiger partial charge in [-0.1, -0.05) is 48.0 Å². The first-order chi connectivity index (χ1) is 13.0. The summed E-state index contributed by atoms with van der Waals surface area (Å²) < 4.78 is 5.38. The molecule has 0 spiro atoms. The molecule has 0 aromatic heterocycles. The SMILES string of the molecule is C=CCOc1ccc(/C=C/C(=O)NCC(=O)Nc2cc(Cl)ccc2Cl)cc1. The number of amides is 2. The number of carbonyl (C=O) groups is 2. The number of anilines is 1. The number of halogens is 2. The minimum Gasteiger partial charge on any atom is -0.490 e. The number of hydrogen-bond donors (Lipinski definition) is 2. The third kappa shape index (κ3) is 7.17. The molecular formula is C20H18Cl2N2O3. The van der Waals surface area contributed by atoms with E-state index in [4.69, 9.17) is 27.9 Å². The molecule has 27 heavy (non-hydrogen) atoms.